The van der Waals surface area contributed by atoms with Gasteiger partial charge in [0.1, 0.15) is 5.01 Å². The lowest BCUT2D eigenvalue weighted by atomic mass is 9.96. The summed E-state index contributed by atoms with van der Waals surface area (Å²) in [5.41, 5.74) is 1.92. The molecule has 2 aromatic rings. The first-order valence-electron chi connectivity index (χ1n) is 10.2. The van der Waals surface area contributed by atoms with E-state index in [0.29, 0.717) is 39.0 Å². The van der Waals surface area contributed by atoms with Crippen LogP contribution >= 0.6 is 11.3 Å². The molecule has 3 rings (SSSR count). The number of hydrogen-bond acceptors (Lipinski definition) is 5. The van der Waals surface area contributed by atoms with Gasteiger partial charge in [-0.15, -0.1) is 11.3 Å². The van der Waals surface area contributed by atoms with E-state index in [4.69, 9.17) is 0 Å². The maximum Gasteiger partial charge on any atom is 0.319 e. The molecule has 1 N–H and O–H groups in total. The summed E-state index contributed by atoms with van der Waals surface area (Å²) in [4.78, 5) is 37.6. The van der Waals surface area contributed by atoms with Crippen LogP contribution in [0.3, 0.4) is 0 Å². The van der Waals surface area contributed by atoms with Crippen molar-refractivity contribution < 1.29 is 9.59 Å². The molecule has 0 aliphatic carbocycles. The van der Waals surface area contributed by atoms with Crippen LogP contribution in [0.5, 0.6) is 0 Å². The predicted molar refractivity (Wildman–Crippen MR) is 115 cm³/mol. The number of nitrogens with zero attached hydrogens (tertiary/aromatic N) is 4. The van der Waals surface area contributed by atoms with Gasteiger partial charge in [0, 0.05) is 55.4 Å². The Bertz CT molecular complexity index is 813. The van der Waals surface area contributed by atoms with Crippen LogP contribution < -0.4 is 5.32 Å². The summed E-state index contributed by atoms with van der Waals surface area (Å²) in [6.45, 7) is 8.62. The van der Waals surface area contributed by atoms with E-state index in [-0.39, 0.29) is 23.9 Å². The summed E-state index contributed by atoms with van der Waals surface area (Å²) < 4.78 is 0. The summed E-state index contributed by atoms with van der Waals surface area (Å²) >= 11 is 1.55. The molecule has 1 unspecified atom stereocenters. The van der Waals surface area contributed by atoms with Crippen molar-refractivity contribution in [3.05, 3.63) is 34.9 Å². The first-order chi connectivity index (χ1) is 14.0. The van der Waals surface area contributed by atoms with Crippen molar-refractivity contribution in [3.63, 3.8) is 0 Å². The second-order valence-corrected chi connectivity index (χ2v) is 8.14. The number of urea groups is 1. The minimum Gasteiger partial charge on any atom is -0.347 e. The molecule has 1 fully saturated rings. The minimum absolute atomic E-state index is 0.0492. The highest BCUT2D eigenvalue weighted by Crippen LogP contribution is 2.26. The Morgan fingerprint density at radius 3 is 2.52 bits per heavy atom. The Morgan fingerprint density at radius 2 is 1.90 bits per heavy atom. The largest absolute Gasteiger partial charge is 0.347 e. The molecule has 0 aromatic carbocycles. The van der Waals surface area contributed by atoms with E-state index >= 15 is 0 Å². The summed E-state index contributed by atoms with van der Waals surface area (Å²) in [7, 11) is 0. The number of nitrogens with one attached hydrogen (secondary N) is 1. The third-order valence-corrected chi connectivity index (χ3v) is 6.42. The number of hydrogen-bond donors (Lipinski definition) is 1. The van der Waals surface area contributed by atoms with E-state index in [1.165, 1.54) is 0 Å². The Balaban J connectivity index is 1.52. The van der Waals surface area contributed by atoms with Crippen molar-refractivity contribution in [3.8, 4) is 11.3 Å². The lowest BCUT2D eigenvalue weighted by Crippen LogP contribution is -2.48. The molecule has 3 amide bonds. The maximum atomic E-state index is 12.7. The second kappa shape index (κ2) is 9.82. The monoisotopic (exact) mass is 415 g/mol. The zero-order chi connectivity index (χ0) is 20.8. The Labute approximate surface area is 176 Å². The van der Waals surface area contributed by atoms with Crippen LogP contribution in [0.1, 0.15) is 44.7 Å². The quantitative estimate of drug-likeness (QED) is 0.782. The Hall–Kier alpha value is -2.48. The molecule has 29 heavy (non-hydrogen) atoms. The Kier molecular flexibility index (Phi) is 7.19. The minimum atomic E-state index is -0.140. The van der Waals surface area contributed by atoms with Crippen LogP contribution in [0.4, 0.5) is 4.79 Å². The van der Waals surface area contributed by atoms with Gasteiger partial charge >= 0.3 is 6.03 Å². The summed E-state index contributed by atoms with van der Waals surface area (Å²) in [5.74, 6) is -0.00840. The molecule has 8 heteroatoms. The standard InChI is InChI=1S/C21H29N5O2S/c1-4-25(5-2)21(28)26-12-8-17(9-13-26)19(27)23-15(3)20-24-18(14-29-20)16-6-10-22-11-7-16/h6-7,10-11,14-15,17H,4-5,8-9,12-13H2,1-3H3,(H,23,27). The topological polar surface area (TPSA) is 78.4 Å². The highest BCUT2D eigenvalue weighted by molar-refractivity contribution is 7.10. The lowest BCUT2D eigenvalue weighted by Gasteiger charge is -2.35. The molecule has 0 spiro atoms. The molecular weight excluding hydrogens is 386 g/mol. The van der Waals surface area contributed by atoms with Crippen molar-refractivity contribution in [2.45, 2.75) is 39.7 Å². The number of likely N-dealkylation sites (tertiary alicyclic amines) is 1. The van der Waals surface area contributed by atoms with Crippen molar-refractivity contribution in [2.75, 3.05) is 26.2 Å². The molecule has 0 radical (unpaired) electrons. The fraction of sp³-hybridized carbons (Fsp3) is 0.524. The van der Waals surface area contributed by atoms with Crippen LogP contribution in [0.25, 0.3) is 11.3 Å². The van der Waals surface area contributed by atoms with Gasteiger partial charge in [0.2, 0.25) is 5.91 Å². The van der Waals surface area contributed by atoms with Gasteiger partial charge in [-0.2, -0.15) is 0 Å². The molecule has 2 aromatic heterocycles. The number of amides is 3. The van der Waals surface area contributed by atoms with Gasteiger partial charge < -0.3 is 15.1 Å². The molecule has 1 atom stereocenters. The number of carbonyl (C=O) groups excluding carboxylic acids is 2. The summed E-state index contributed by atoms with van der Waals surface area (Å²) in [6.07, 6.45) is 4.89. The van der Waals surface area contributed by atoms with Crippen molar-refractivity contribution in [1.29, 1.82) is 0 Å². The third kappa shape index (κ3) is 5.12. The van der Waals surface area contributed by atoms with Crippen LogP contribution in [0.2, 0.25) is 0 Å². The van der Waals surface area contributed by atoms with E-state index in [1.807, 2.05) is 48.1 Å². The molecule has 7 nitrogen and oxygen atoms in total. The van der Waals surface area contributed by atoms with E-state index in [1.54, 1.807) is 23.7 Å². The third-order valence-electron chi connectivity index (χ3n) is 5.40. The average molecular weight is 416 g/mol. The fourth-order valence-electron chi connectivity index (χ4n) is 3.56. The van der Waals surface area contributed by atoms with E-state index in [0.717, 1.165) is 16.3 Å². The molecule has 1 aliphatic heterocycles. The molecule has 0 bridgehead atoms. The van der Waals surface area contributed by atoms with Gasteiger partial charge in [0.15, 0.2) is 0 Å². The van der Waals surface area contributed by atoms with Crippen LogP contribution in [-0.4, -0.2) is 57.9 Å². The number of carbonyl (C=O) groups is 2. The van der Waals surface area contributed by atoms with Gasteiger partial charge in [-0.3, -0.25) is 9.78 Å². The number of rotatable bonds is 6. The van der Waals surface area contributed by atoms with Gasteiger partial charge in [0.25, 0.3) is 0 Å². The molecule has 1 aliphatic rings. The maximum absolute atomic E-state index is 12.7. The fourth-order valence-corrected chi connectivity index (χ4v) is 4.40. The van der Waals surface area contributed by atoms with Gasteiger partial charge in [-0.1, -0.05) is 0 Å². The number of aromatic nitrogens is 2. The van der Waals surface area contributed by atoms with E-state index in [9.17, 15) is 9.59 Å². The van der Waals surface area contributed by atoms with E-state index < -0.39 is 0 Å². The lowest BCUT2D eigenvalue weighted by molar-refractivity contribution is -0.127. The van der Waals surface area contributed by atoms with Crippen LogP contribution in [-0.2, 0) is 4.79 Å². The van der Waals surface area contributed by atoms with Crippen LogP contribution in [0.15, 0.2) is 29.9 Å². The predicted octanol–water partition coefficient (Wildman–Crippen LogP) is 3.56. The van der Waals surface area contributed by atoms with Crippen molar-refractivity contribution in [2.24, 2.45) is 5.92 Å². The average Bonchev–Trinajstić information content (AvgIpc) is 3.26. The summed E-state index contributed by atoms with van der Waals surface area (Å²) in [6, 6.07) is 3.79. The van der Waals surface area contributed by atoms with Gasteiger partial charge in [0.05, 0.1) is 11.7 Å². The molecule has 0 saturated carbocycles. The highest BCUT2D eigenvalue weighted by Gasteiger charge is 2.29. The molecule has 1 saturated heterocycles. The molecule has 156 valence electrons. The van der Waals surface area contributed by atoms with Gasteiger partial charge in [-0.25, -0.2) is 9.78 Å². The van der Waals surface area contributed by atoms with Crippen molar-refractivity contribution >= 4 is 23.3 Å². The SMILES string of the molecule is CCN(CC)C(=O)N1CCC(C(=O)NC(C)c2nc(-c3ccncc3)cs2)CC1. The summed E-state index contributed by atoms with van der Waals surface area (Å²) in [5, 5.41) is 6.00. The number of piperidine rings is 1. The normalized spacial score (nSPS) is 15.8. The van der Waals surface area contributed by atoms with E-state index in [2.05, 4.69) is 15.3 Å². The number of thiazole rings is 1. The van der Waals surface area contributed by atoms with Gasteiger partial charge in [-0.05, 0) is 45.7 Å². The zero-order valence-corrected chi connectivity index (χ0v) is 18.1. The first-order valence-corrected chi connectivity index (χ1v) is 11.1. The Morgan fingerprint density at radius 1 is 1.24 bits per heavy atom. The zero-order valence-electron chi connectivity index (χ0n) is 17.3. The highest BCUT2D eigenvalue weighted by atomic mass is 32.1. The van der Waals surface area contributed by atoms with Crippen molar-refractivity contribution in [1.82, 2.24) is 25.1 Å². The molecular formula is C21H29N5O2S. The number of pyridine rings is 1. The van der Waals surface area contributed by atoms with Crippen LogP contribution in [0, 0.1) is 5.92 Å². The smallest absolute Gasteiger partial charge is 0.319 e. The first kappa shape index (κ1) is 21.2. The second-order valence-electron chi connectivity index (χ2n) is 7.25. The molecule has 3 heterocycles.